The number of nitrogens with zero attached hydrogens (tertiary/aromatic N) is 3. The van der Waals surface area contributed by atoms with Gasteiger partial charge in [-0.15, -0.1) is 0 Å². The van der Waals surface area contributed by atoms with Crippen LogP contribution >= 0.6 is 0 Å². The molecule has 1 N–H and O–H groups in total. The Morgan fingerprint density at radius 3 is 2.52 bits per heavy atom. The number of methoxy groups -OCH3 is 2. The first-order valence-corrected chi connectivity index (χ1v) is 10.4. The third-order valence-electron chi connectivity index (χ3n) is 4.63. The van der Waals surface area contributed by atoms with Gasteiger partial charge in [-0.3, -0.25) is 10.1 Å². The zero-order chi connectivity index (χ0) is 22.8. The number of carbonyl (C=O) groups excluding carboxylic acids is 1. The Morgan fingerprint density at radius 1 is 1.26 bits per heavy atom. The van der Waals surface area contributed by atoms with Gasteiger partial charge in [-0.1, -0.05) is 18.2 Å². The lowest BCUT2D eigenvalue weighted by molar-refractivity contribution is -0.384. The summed E-state index contributed by atoms with van der Waals surface area (Å²) in [4.78, 5) is 27.3. The van der Waals surface area contributed by atoms with E-state index >= 15 is 0 Å². The van der Waals surface area contributed by atoms with E-state index in [2.05, 4.69) is 10.3 Å². The molecule has 164 valence electrons. The molecule has 0 fully saturated rings. The van der Waals surface area contributed by atoms with Crippen molar-refractivity contribution >= 4 is 38.4 Å². The molecular weight excluding hydrogens is 428 g/mol. The highest BCUT2D eigenvalue weighted by Gasteiger charge is 2.38. The quantitative estimate of drug-likeness (QED) is 0.311. The van der Waals surface area contributed by atoms with Crippen LogP contribution in [0.25, 0.3) is 11.0 Å². The van der Waals surface area contributed by atoms with Crippen LogP contribution in [0.15, 0.2) is 53.7 Å². The number of hydrogen-bond donors (Lipinski definition) is 1. The number of ether oxygens (including phenoxy) is 2. The summed E-state index contributed by atoms with van der Waals surface area (Å²) in [6.45, 7) is 1.29. The Kier molecular flexibility index (Phi) is 5.95. The van der Waals surface area contributed by atoms with Gasteiger partial charge in [-0.05, 0) is 25.1 Å². The van der Waals surface area contributed by atoms with Crippen LogP contribution in [0.1, 0.15) is 6.92 Å². The van der Waals surface area contributed by atoms with Crippen molar-refractivity contribution in [2.45, 2.75) is 17.4 Å². The van der Waals surface area contributed by atoms with E-state index in [1.54, 1.807) is 18.2 Å². The van der Waals surface area contributed by atoms with E-state index in [-0.39, 0.29) is 28.2 Å². The zero-order valence-corrected chi connectivity index (χ0v) is 17.8. The second kappa shape index (κ2) is 8.32. The van der Waals surface area contributed by atoms with E-state index in [4.69, 9.17) is 9.47 Å². The molecular formula is C19H20N4O7S. The lowest BCUT2D eigenvalue weighted by Gasteiger charge is -2.28. The number of aromatic nitrogens is 2. The third kappa shape index (κ3) is 3.94. The molecule has 2 heterocycles. The fraction of sp³-hybridized carbons (Fsp3) is 0.263. The van der Waals surface area contributed by atoms with Gasteiger partial charge in [0.1, 0.15) is 11.9 Å². The monoisotopic (exact) mass is 448 g/mol. The average Bonchev–Trinajstić information content (AvgIpc) is 3.19. The van der Waals surface area contributed by atoms with Crippen molar-refractivity contribution < 1.29 is 27.6 Å². The lowest BCUT2D eigenvalue weighted by atomic mass is 10.0. The fourth-order valence-electron chi connectivity index (χ4n) is 3.16. The number of pyridine rings is 1. The number of hydrogen-bond acceptors (Lipinski definition) is 9. The molecule has 0 aliphatic heterocycles. The fourth-order valence-corrected chi connectivity index (χ4v) is 4.48. The minimum Gasteiger partial charge on any atom is -0.467 e. The lowest BCUT2D eigenvalue weighted by Crippen LogP contribution is -2.48. The number of benzene rings is 1. The topological polar surface area (TPSA) is 143 Å². The van der Waals surface area contributed by atoms with Gasteiger partial charge in [0.15, 0.2) is 11.2 Å². The van der Waals surface area contributed by atoms with E-state index in [0.29, 0.717) is 0 Å². The molecule has 11 nitrogen and oxygen atoms in total. The molecule has 12 heteroatoms. The van der Waals surface area contributed by atoms with Crippen LogP contribution in [0.4, 0.5) is 11.4 Å². The van der Waals surface area contributed by atoms with Gasteiger partial charge in [-0.2, -0.15) is 0 Å². The summed E-state index contributed by atoms with van der Waals surface area (Å²) < 4.78 is 36.9. The van der Waals surface area contributed by atoms with Crippen molar-refractivity contribution in [1.29, 1.82) is 0 Å². The van der Waals surface area contributed by atoms with Crippen molar-refractivity contribution in [1.82, 2.24) is 8.96 Å². The summed E-state index contributed by atoms with van der Waals surface area (Å²) in [5.41, 5.74) is -2.04. The highest BCUT2D eigenvalue weighted by molar-refractivity contribution is 7.90. The molecule has 3 aromatic rings. The minimum absolute atomic E-state index is 0.0287. The Bertz CT molecular complexity index is 1240. The summed E-state index contributed by atoms with van der Waals surface area (Å²) in [5.74, 6) is -0.718. The molecule has 0 spiro atoms. The number of nitrogens with one attached hydrogen (secondary N) is 1. The summed E-state index contributed by atoms with van der Waals surface area (Å²) >= 11 is 0. The number of esters is 1. The highest BCUT2D eigenvalue weighted by atomic mass is 32.2. The van der Waals surface area contributed by atoms with Gasteiger partial charge >= 0.3 is 11.7 Å². The SMILES string of the molecule is COCC(C)(Nc1c([N+](=O)[O-])cnc2c1ccn2S(=O)(=O)c1ccccc1)C(=O)OC. The van der Waals surface area contributed by atoms with Gasteiger partial charge in [0.25, 0.3) is 10.0 Å². The van der Waals surface area contributed by atoms with Crippen molar-refractivity contribution in [3.63, 3.8) is 0 Å². The normalized spacial score (nSPS) is 13.5. The molecule has 0 aliphatic carbocycles. The molecule has 1 unspecified atom stereocenters. The van der Waals surface area contributed by atoms with Gasteiger partial charge in [0.2, 0.25) is 0 Å². The Labute approximate surface area is 177 Å². The molecule has 1 atom stereocenters. The molecule has 0 saturated carbocycles. The average molecular weight is 448 g/mol. The summed E-state index contributed by atoms with van der Waals surface area (Å²) in [6.07, 6.45) is 2.19. The van der Waals surface area contributed by atoms with E-state index < -0.39 is 32.1 Å². The minimum atomic E-state index is -4.01. The molecule has 0 saturated heterocycles. The molecule has 0 amide bonds. The molecule has 0 bridgehead atoms. The molecule has 2 aromatic heterocycles. The maximum atomic E-state index is 13.1. The standard InChI is InChI=1S/C19H20N4O7S/c1-19(12-29-2,18(24)30-3)21-16-14-9-10-22(17(14)20-11-15(16)23(25)26)31(27,28)13-7-5-4-6-8-13/h4-11H,12H2,1-3H3,(H,20,21). The Balaban J connectivity index is 2.23. The summed E-state index contributed by atoms with van der Waals surface area (Å²) in [6, 6.07) is 9.08. The summed E-state index contributed by atoms with van der Waals surface area (Å²) in [5, 5.41) is 14.6. The van der Waals surface area contributed by atoms with E-state index in [1.807, 2.05) is 0 Å². The first kappa shape index (κ1) is 22.2. The van der Waals surface area contributed by atoms with Crippen LogP contribution in [0, 0.1) is 10.1 Å². The van der Waals surface area contributed by atoms with Gasteiger partial charge < -0.3 is 14.8 Å². The molecule has 1 aromatic carbocycles. The van der Waals surface area contributed by atoms with Crippen LogP contribution in [0.3, 0.4) is 0 Å². The smallest absolute Gasteiger partial charge is 0.333 e. The molecule has 31 heavy (non-hydrogen) atoms. The maximum Gasteiger partial charge on any atom is 0.333 e. The van der Waals surface area contributed by atoms with Crippen molar-refractivity contribution in [2.24, 2.45) is 0 Å². The largest absolute Gasteiger partial charge is 0.467 e. The third-order valence-corrected chi connectivity index (χ3v) is 6.31. The first-order valence-electron chi connectivity index (χ1n) is 8.96. The van der Waals surface area contributed by atoms with Gasteiger partial charge in [0.05, 0.1) is 28.9 Å². The Hall–Kier alpha value is -3.51. The second-order valence-corrected chi connectivity index (χ2v) is 8.64. The Morgan fingerprint density at radius 2 is 1.94 bits per heavy atom. The second-order valence-electron chi connectivity index (χ2n) is 6.82. The van der Waals surface area contributed by atoms with Gasteiger partial charge in [-0.25, -0.2) is 22.2 Å². The number of nitro groups is 1. The predicted molar refractivity (Wildman–Crippen MR) is 111 cm³/mol. The van der Waals surface area contributed by atoms with Crippen LogP contribution in [-0.2, 0) is 24.3 Å². The van der Waals surface area contributed by atoms with E-state index in [0.717, 1.165) is 10.2 Å². The van der Waals surface area contributed by atoms with Crippen molar-refractivity contribution in [3.05, 3.63) is 58.9 Å². The first-order chi connectivity index (χ1) is 14.7. The van der Waals surface area contributed by atoms with Crippen LogP contribution in [0.2, 0.25) is 0 Å². The highest BCUT2D eigenvalue weighted by Crippen LogP contribution is 2.35. The van der Waals surface area contributed by atoms with Crippen LogP contribution in [-0.4, -0.2) is 54.6 Å². The molecule has 0 aliphatic rings. The number of anilines is 1. The van der Waals surface area contributed by atoms with Crippen molar-refractivity contribution in [3.8, 4) is 0 Å². The van der Waals surface area contributed by atoms with Crippen molar-refractivity contribution in [2.75, 3.05) is 26.1 Å². The summed E-state index contributed by atoms with van der Waals surface area (Å²) in [7, 11) is -1.47. The van der Waals surface area contributed by atoms with Crippen LogP contribution in [0.5, 0.6) is 0 Å². The van der Waals surface area contributed by atoms with Crippen LogP contribution < -0.4 is 5.32 Å². The zero-order valence-electron chi connectivity index (χ0n) is 16.9. The number of fused-ring (bicyclic) bond motifs is 1. The predicted octanol–water partition coefficient (Wildman–Crippen LogP) is 2.17. The van der Waals surface area contributed by atoms with Gasteiger partial charge in [0, 0.05) is 13.3 Å². The maximum absolute atomic E-state index is 13.1. The van der Waals surface area contributed by atoms with E-state index in [1.165, 1.54) is 45.5 Å². The number of carbonyl (C=O) groups is 1. The molecule has 3 rings (SSSR count). The molecule has 0 radical (unpaired) electrons. The number of rotatable bonds is 8. The van der Waals surface area contributed by atoms with E-state index in [9.17, 15) is 23.3 Å².